The van der Waals surface area contributed by atoms with Crippen molar-refractivity contribution in [2.24, 2.45) is 5.73 Å². The lowest BCUT2D eigenvalue weighted by molar-refractivity contribution is -0.124. The smallest absolute Gasteiger partial charge is 0.236 e. The molecule has 0 aliphatic carbocycles. The molecule has 1 saturated heterocycles. The Labute approximate surface area is 104 Å². The molecular formula is C10H14ClN5O. The summed E-state index contributed by atoms with van der Waals surface area (Å²) in [5, 5.41) is 3.50. The molecule has 0 aromatic carbocycles. The Bertz CT molecular complexity index is 396. The molecule has 0 radical (unpaired) electrons. The quantitative estimate of drug-likeness (QED) is 0.753. The van der Waals surface area contributed by atoms with E-state index in [4.69, 9.17) is 17.3 Å². The number of hydrogen-bond donors (Lipinski definition) is 2. The van der Waals surface area contributed by atoms with Gasteiger partial charge >= 0.3 is 0 Å². The first-order chi connectivity index (χ1) is 8.16. The summed E-state index contributed by atoms with van der Waals surface area (Å²) in [7, 11) is 0. The van der Waals surface area contributed by atoms with E-state index in [1.54, 1.807) is 6.20 Å². The predicted octanol–water partition coefficient (Wildman–Crippen LogP) is -0.611. The van der Waals surface area contributed by atoms with E-state index in [0.717, 1.165) is 18.8 Å². The van der Waals surface area contributed by atoms with Crippen LogP contribution in [0.4, 0.5) is 0 Å². The fraction of sp³-hybridized carbons (Fsp3) is 0.500. The van der Waals surface area contributed by atoms with Crippen LogP contribution >= 0.6 is 11.6 Å². The molecule has 92 valence electrons. The van der Waals surface area contributed by atoms with Crippen molar-refractivity contribution in [3.05, 3.63) is 23.2 Å². The number of rotatable bonds is 3. The average Bonchev–Trinajstić information content (AvgIpc) is 2.32. The summed E-state index contributed by atoms with van der Waals surface area (Å²) in [6.45, 7) is 2.73. The number of nitrogens with zero attached hydrogens (tertiary/aromatic N) is 3. The van der Waals surface area contributed by atoms with E-state index in [9.17, 15) is 4.79 Å². The molecule has 1 aliphatic rings. The number of carbonyl (C=O) groups is 1. The van der Waals surface area contributed by atoms with Gasteiger partial charge in [-0.3, -0.25) is 14.7 Å². The number of halogens is 1. The summed E-state index contributed by atoms with van der Waals surface area (Å²) in [6.07, 6.45) is 3.11. The molecule has 0 bridgehead atoms. The van der Waals surface area contributed by atoms with Crippen LogP contribution in [0, 0.1) is 0 Å². The Morgan fingerprint density at radius 2 is 2.41 bits per heavy atom. The van der Waals surface area contributed by atoms with Crippen LogP contribution in [-0.2, 0) is 11.3 Å². The SMILES string of the molecule is NC(=O)C1CNCCN1Cc1cnc(Cl)cn1. The van der Waals surface area contributed by atoms with Crippen LogP contribution < -0.4 is 11.1 Å². The third kappa shape index (κ3) is 3.12. The molecule has 1 atom stereocenters. The molecule has 6 nitrogen and oxygen atoms in total. The van der Waals surface area contributed by atoms with E-state index in [0.29, 0.717) is 18.2 Å². The second-order valence-electron chi connectivity index (χ2n) is 3.92. The zero-order valence-electron chi connectivity index (χ0n) is 9.27. The van der Waals surface area contributed by atoms with Gasteiger partial charge in [0.15, 0.2) is 0 Å². The highest BCUT2D eigenvalue weighted by Crippen LogP contribution is 2.09. The fourth-order valence-corrected chi connectivity index (χ4v) is 1.94. The van der Waals surface area contributed by atoms with Gasteiger partial charge in [-0.25, -0.2) is 4.98 Å². The third-order valence-electron chi connectivity index (χ3n) is 2.72. The Kier molecular flexibility index (Phi) is 3.88. The normalized spacial score (nSPS) is 21.4. The lowest BCUT2D eigenvalue weighted by Gasteiger charge is -2.33. The highest BCUT2D eigenvalue weighted by Gasteiger charge is 2.26. The molecule has 17 heavy (non-hydrogen) atoms. The predicted molar refractivity (Wildman–Crippen MR) is 63.3 cm³/mol. The number of piperazine rings is 1. The number of nitrogens with one attached hydrogen (secondary N) is 1. The first-order valence-electron chi connectivity index (χ1n) is 5.37. The molecule has 1 fully saturated rings. The van der Waals surface area contributed by atoms with Gasteiger partial charge < -0.3 is 11.1 Å². The summed E-state index contributed by atoms with van der Waals surface area (Å²) in [4.78, 5) is 21.4. The molecule has 1 aromatic rings. The molecule has 1 unspecified atom stereocenters. The van der Waals surface area contributed by atoms with E-state index in [1.807, 2.05) is 4.90 Å². The topological polar surface area (TPSA) is 84.1 Å². The maximum Gasteiger partial charge on any atom is 0.236 e. The van der Waals surface area contributed by atoms with Crippen molar-refractivity contribution in [1.29, 1.82) is 0 Å². The Morgan fingerprint density at radius 1 is 1.59 bits per heavy atom. The molecule has 2 rings (SSSR count). The largest absolute Gasteiger partial charge is 0.368 e. The van der Waals surface area contributed by atoms with Gasteiger partial charge in [0, 0.05) is 26.2 Å². The minimum atomic E-state index is -0.320. The van der Waals surface area contributed by atoms with Crippen molar-refractivity contribution in [3.8, 4) is 0 Å². The summed E-state index contributed by atoms with van der Waals surface area (Å²) in [6, 6.07) is -0.291. The highest BCUT2D eigenvalue weighted by atomic mass is 35.5. The van der Waals surface area contributed by atoms with Crippen molar-refractivity contribution in [3.63, 3.8) is 0 Å². The molecule has 3 N–H and O–H groups in total. The molecule has 1 amide bonds. The average molecular weight is 256 g/mol. The first kappa shape index (κ1) is 12.2. The van der Waals surface area contributed by atoms with E-state index >= 15 is 0 Å². The van der Waals surface area contributed by atoms with E-state index in [-0.39, 0.29) is 11.9 Å². The van der Waals surface area contributed by atoms with Crippen LogP contribution in [0.25, 0.3) is 0 Å². The van der Waals surface area contributed by atoms with Crippen LogP contribution in [-0.4, -0.2) is 46.5 Å². The monoisotopic (exact) mass is 255 g/mol. The summed E-state index contributed by atoms with van der Waals surface area (Å²) >= 11 is 5.66. The Morgan fingerprint density at radius 3 is 3.06 bits per heavy atom. The number of primary amides is 1. The number of nitrogens with two attached hydrogens (primary N) is 1. The molecule has 0 spiro atoms. The van der Waals surface area contributed by atoms with Crippen LogP contribution in [0.3, 0.4) is 0 Å². The number of amides is 1. The van der Waals surface area contributed by atoms with E-state index in [2.05, 4.69) is 15.3 Å². The van der Waals surface area contributed by atoms with Gasteiger partial charge in [-0.2, -0.15) is 0 Å². The van der Waals surface area contributed by atoms with Gasteiger partial charge in [-0.05, 0) is 0 Å². The van der Waals surface area contributed by atoms with Crippen molar-refractivity contribution in [2.75, 3.05) is 19.6 Å². The van der Waals surface area contributed by atoms with Crippen molar-refractivity contribution in [2.45, 2.75) is 12.6 Å². The van der Waals surface area contributed by atoms with E-state index in [1.165, 1.54) is 6.20 Å². The van der Waals surface area contributed by atoms with Crippen LogP contribution in [0.5, 0.6) is 0 Å². The summed E-state index contributed by atoms with van der Waals surface area (Å²) in [5.74, 6) is -0.320. The standard InChI is InChI=1S/C10H14ClN5O/c11-9-5-14-7(3-15-9)6-16-2-1-13-4-8(16)10(12)17/h3,5,8,13H,1-2,4,6H2,(H2,12,17). The van der Waals surface area contributed by atoms with Crippen molar-refractivity contribution < 1.29 is 4.79 Å². The second-order valence-corrected chi connectivity index (χ2v) is 4.31. The van der Waals surface area contributed by atoms with Gasteiger partial charge in [0.05, 0.1) is 18.1 Å². The van der Waals surface area contributed by atoms with Gasteiger partial charge in [-0.1, -0.05) is 11.6 Å². The molecule has 2 heterocycles. The first-order valence-corrected chi connectivity index (χ1v) is 5.75. The minimum Gasteiger partial charge on any atom is -0.368 e. The highest BCUT2D eigenvalue weighted by molar-refractivity contribution is 6.29. The van der Waals surface area contributed by atoms with Crippen LogP contribution in [0.1, 0.15) is 5.69 Å². The Balaban J connectivity index is 2.05. The fourth-order valence-electron chi connectivity index (χ4n) is 1.84. The maximum absolute atomic E-state index is 11.3. The molecule has 7 heteroatoms. The van der Waals surface area contributed by atoms with E-state index < -0.39 is 0 Å². The number of carbonyl (C=O) groups excluding carboxylic acids is 1. The number of hydrogen-bond acceptors (Lipinski definition) is 5. The van der Waals surface area contributed by atoms with Gasteiger partial charge in [-0.15, -0.1) is 0 Å². The van der Waals surface area contributed by atoms with Crippen molar-refractivity contribution >= 4 is 17.5 Å². The summed E-state index contributed by atoms with van der Waals surface area (Å²) in [5.41, 5.74) is 6.14. The van der Waals surface area contributed by atoms with Crippen molar-refractivity contribution in [1.82, 2.24) is 20.2 Å². The Hall–Kier alpha value is -1.24. The minimum absolute atomic E-state index is 0.291. The molecule has 0 saturated carbocycles. The lowest BCUT2D eigenvalue weighted by Crippen LogP contribution is -2.56. The molecule has 1 aliphatic heterocycles. The lowest BCUT2D eigenvalue weighted by atomic mass is 10.1. The zero-order chi connectivity index (χ0) is 12.3. The van der Waals surface area contributed by atoms with Crippen LogP contribution in [0.2, 0.25) is 5.15 Å². The zero-order valence-corrected chi connectivity index (χ0v) is 10.0. The maximum atomic E-state index is 11.3. The van der Waals surface area contributed by atoms with Gasteiger partial charge in [0.25, 0.3) is 0 Å². The molecule has 1 aromatic heterocycles. The van der Waals surface area contributed by atoms with Gasteiger partial charge in [0.1, 0.15) is 11.2 Å². The second kappa shape index (κ2) is 5.39. The summed E-state index contributed by atoms with van der Waals surface area (Å²) < 4.78 is 0. The number of aromatic nitrogens is 2. The third-order valence-corrected chi connectivity index (χ3v) is 2.92. The van der Waals surface area contributed by atoms with Crippen LogP contribution in [0.15, 0.2) is 12.4 Å². The molecular weight excluding hydrogens is 242 g/mol. The van der Waals surface area contributed by atoms with Gasteiger partial charge in [0.2, 0.25) is 5.91 Å².